The fourth-order valence-corrected chi connectivity index (χ4v) is 3.53. The Hall–Kier alpha value is -1.92. The van der Waals surface area contributed by atoms with Crippen molar-refractivity contribution in [3.05, 3.63) is 35.4 Å². The summed E-state index contributed by atoms with van der Waals surface area (Å²) in [5.41, 5.74) is 8.13. The number of carbonyl (C=O) groups is 2. The smallest absolute Gasteiger partial charge is 0.244 e. The molecule has 2 N–H and O–H groups in total. The van der Waals surface area contributed by atoms with E-state index in [0.29, 0.717) is 39.4 Å². The first-order valence-electron chi connectivity index (χ1n) is 9.03. The summed E-state index contributed by atoms with van der Waals surface area (Å²) in [6, 6.07) is 7.06. The topological polar surface area (TPSA) is 75.9 Å². The predicted molar refractivity (Wildman–Crippen MR) is 94.8 cm³/mol. The number of rotatable bonds is 3. The lowest BCUT2D eigenvalue weighted by molar-refractivity contribution is -0.144. The van der Waals surface area contributed by atoms with Crippen molar-refractivity contribution in [3.8, 4) is 0 Å². The Balaban J connectivity index is 1.62. The van der Waals surface area contributed by atoms with E-state index in [4.69, 9.17) is 10.5 Å². The zero-order valence-electron chi connectivity index (χ0n) is 14.8. The molecular weight excluding hydrogens is 318 g/mol. The van der Waals surface area contributed by atoms with Crippen molar-refractivity contribution in [2.45, 2.75) is 25.8 Å². The van der Waals surface area contributed by atoms with Gasteiger partial charge in [-0.05, 0) is 25.3 Å². The number of nitrogens with zero attached hydrogens (tertiary/aromatic N) is 2. The van der Waals surface area contributed by atoms with E-state index in [2.05, 4.69) is 0 Å². The van der Waals surface area contributed by atoms with E-state index < -0.39 is 6.04 Å². The van der Waals surface area contributed by atoms with Gasteiger partial charge in [-0.25, -0.2) is 0 Å². The third kappa shape index (κ3) is 4.19. The molecule has 0 aromatic heterocycles. The van der Waals surface area contributed by atoms with Crippen LogP contribution in [0.15, 0.2) is 24.3 Å². The molecule has 0 spiro atoms. The van der Waals surface area contributed by atoms with E-state index in [1.54, 1.807) is 4.90 Å². The quantitative estimate of drug-likeness (QED) is 0.890. The van der Waals surface area contributed by atoms with E-state index in [0.717, 1.165) is 24.0 Å². The Morgan fingerprint density at radius 3 is 2.48 bits per heavy atom. The van der Waals surface area contributed by atoms with Gasteiger partial charge in [0.25, 0.3) is 0 Å². The van der Waals surface area contributed by atoms with Gasteiger partial charge in [0.2, 0.25) is 11.8 Å². The first-order valence-corrected chi connectivity index (χ1v) is 9.03. The van der Waals surface area contributed by atoms with Crippen LogP contribution in [0.2, 0.25) is 0 Å². The minimum atomic E-state index is -0.669. The number of benzene rings is 1. The van der Waals surface area contributed by atoms with Crippen LogP contribution in [0.25, 0.3) is 0 Å². The molecule has 1 aromatic rings. The molecule has 2 atom stereocenters. The maximum absolute atomic E-state index is 12.8. The van der Waals surface area contributed by atoms with Crippen LogP contribution in [-0.2, 0) is 14.3 Å². The molecule has 0 saturated carbocycles. The fraction of sp³-hybridized carbons (Fsp3) is 0.579. The highest BCUT2D eigenvalue weighted by Crippen LogP contribution is 2.23. The highest BCUT2D eigenvalue weighted by atomic mass is 16.5. The summed E-state index contributed by atoms with van der Waals surface area (Å²) >= 11 is 0. The first-order chi connectivity index (χ1) is 12.1. The molecule has 6 nitrogen and oxygen atoms in total. The third-order valence-corrected chi connectivity index (χ3v) is 5.11. The summed E-state index contributed by atoms with van der Waals surface area (Å²) in [7, 11) is 0. The Morgan fingerprint density at radius 2 is 1.80 bits per heavy atom. The van der Waals surface area contributed by atoms with Crippen LogP contribution in [0.1, 0.15) is 30.0 Å². The molecule has 2 aliphatic rings. The molecule has 0 radical (unpaired) electrons. The molecule has 3 rings (SSSR count). The van der Waals surface area contributed by atoms with Crippen LogP contribution in [0, 0.1) is 12.8 Å². The SMILES string of the molecule is Cc1ccc(C(N)C(=O)N2CCCC(C(=O)N3CCOCC3)C2)cc1. The number of ether oxygens (including phenoxy) is 1. The molecule has 1 aromatic carbocycles. The Bertz CT molecular complexity index is 611. The van der Waals surface area contributed by atoms with Gasteiger partial charge in [-0.2, -0.15) is 0 Å². The highest BCUT2D eigenvalue weighted by Gasteiger charge is 2.33. The number of piperidine rings is 1. The van der Waals surface area contributed by atoms with Gasteiger partial charge in [-0.1, -0.05) is 29.8 Å². The average Bonchev–Trinajstić information content (AvgIpc) is 2.67. The number of likely N-dealkylation sites (tertiary alicyclic amines) is 1. The lowest BCUT2D eigenvalue weighted by Gasteiger charge is -2.37. The van der Waals surface area contributed by atoms with Crippen molar-refractivity contribution in [1.82, 2.24) is 9.80 Å². The number of carbonyl (C=O) groups excluding carboxylic acids is 2. The Kier molecular flexibility index (Phi) is 5.71. The number of hydrogen-bond donors (Lipinski definition) is 1. The number of morpholine rings is 1. The maximum Gasteiger partial charge on any atom is 0.244 e. The summed E-state index contributed by atoms with van der Waals surface area (Å²) in [5, 5.41) is 0. The van der Waals surface area contributed by atoms with Gasteiger partial charge < -0.3 is 20.3 Å². The van der Waals surface area contributed by atoms with Crippen molar-refractivity contribution in [2.75, 3.05) is 39.4 Å². The summed E-state index contributed by atoms with van der Waals surface area (Å²) in [5.74, 6) is -0.0749. The maximum atomic E-state index is 12.8. The Morgan fingerprint density at radius 1 is 1.12 bits per heavy atom. The number of aryl methyl sites for hydroxylation is 1. The molecule has 2 aliphatic heterocycles. The number of nitrogens with two attached hydrogens (primary N) is 1. The monoisotopic (exact) mass is 345 g/mol. The summed E-state index contributed by atoms with van der Waals surface area (Å²) in [4.78, 5) is 29.1. The van der Waals surface area contributed by atoms with E-state index in [-0.39, 0.29) is 17.7 Å². The minimum absolute atomic E-state index is 0.0941. The van der Waals surface area contributed by atoms with E-state index in [1.807, 2.05) is 36.1 Å². The normalized spacial score (nSPS) is 22.6. The largest absolute Gasteiger partial charge is 0.378 e. The van der Waals surface area contributed by atoms with Crippen LogP contribution in [0.3, 0.4) is 0 Å². The highest BCUT2D eigenvalue weighted by molar-refractivity contribution is 5.85. The van der Waals surface area contributed by atoms with Crippen molar-refractivity contribution in [2.24, 2.45) is 11.7 Å². The molecule has 25 heavy (non-hydrogen) atoms. The Labute approximate surface area is 148 Å². The second kappa shape index (κ2) is 7.97. The van der Waals surface area contributed by atoms with Gasteiger partial charge in [-0.3, -0.25) is 9.59 Å². The molecule has 2 heterocycles. The third-order valence-electron chi connectivity index (χ3n) is 5.11. The molecule has 2 fully saturated rings. The zero-order chi connectivity index (χ0) is 17.8. The average molecular weight is 345 g/mol. The number of hydrogen-bond acceptors (Lipinski definition) is 4. The van der Waals surface area contributed by atoms with Crippen molar-refractivity contribution >= 4 is 11.8 Å². The lowest BCUT2D eigenvalue weighted by Crippen LogP contribution is -2.50. The summed E-state index contributed by atoms with van der Waals surface area (Å²) in [6.07, 6.45) is 1.67. The van der Waals surface area contributed by atoms with Gasteiger partial charge in [0.1, 0.15) is 6.04 Å². The van der Waals surface area contributed by atoms with Crippen LogP contribution in [-0.4, -0.2) is 61.0 Å². The van der Waals surface area contributed by atoms with E-state index in [9.17, 15) is 9.59 Å². The van der Waals surface area contributed by atoms with Gasteiger partial charge in [0.05, 0.1) is 19.1 Å². The fourth-order valence-electron chi connectivity index (χ4n) is 3.53. The van der Waals surface area contributed by atoms with E-state index >= 15 is 0 Å². The molecule has 2 saturated heterocycles. The van der Waals surface area contributed by atoms with Gasteiger partial charge in [0.15, 0.2) is 0 Å². The van der Waals surface area contributed by atoms with Crippen molar-refractivity contribution in [3.63, 3.8) is 0 Å². The lowest BCUT2D eigenvalue weighted by atomic mass is 9.95. The molecule has 0 bridgehead atoms. The minimum Gasteiger partial charge on any atom is -0.378 e. The van der Waals surface area contributed by atoms with E-state index in [1.165, 1.54) is 0 Å². The van der Waals surface area contributed by atoms with Gasteiger partial charge >= 0.3 is 0 Å². The van der Waals surface area contributed by atoms with Crippen molar-refractivity contribution < 1.29 is 14.3 Å². The second-order valence-corrected chi connectivity index (χ2v) is 6.95. The van der Waals surface area contributed by atoms with Gasteiger partial charge in [-0.15, -0.1) is 0 Å². The summed E-state index contributed by atoms with van der Waals surface area (Å²) in [6.45, 7) is 5.63. The molecule has 2 amide bonds. The summed E-state index contributed by atoms with van der Waals surface area (Å²) < 4.78 is 5.31. The first kappa shape index (κ1) is 17.9. The van der Waals surface area contributed by atoms with Crippen LogP contribution in [0.4, 0.5) is 0 Å². The zero-order valence-corrected chi connectivity index (χ0v) is 14.8. The molecule has 0 aliphatic carbocycles. The van der Waals surface area contributed by atoms with Crippen LogP contribution < -0.4 is 5.73 Å². The van der Waals surface area contributed by atoms with Crippen LogP contribution in [0.5, 0.6) is 0 Å². The molecule has 6 heteroatoms. The van der Waals surface area contributed by atoms with Crippen LogP contribution >= 0.6 is 0 Å². The molecule has 2 unspecified atom stereocenters. The second-order valence-electron chi connectivity index (χ2n) is 6.95. The van der Waals surface area contributed by atoms with Crippen molar-refractivity contribution in [1.29, 1.82) is 0 Å². The predicted octanol–water partition coefficient (Wildman–Crippen LogP) is 1.09. The molecule has 136 valence electrons. The number of amides is 2. The molecular formula is C19H27N3O3. The standard InChI is InChI=1S/C19H27N3O3/c1-14-4-6-15(7-5-14)17(20)19(24)22-8-2-3-16(13-22)18(23)21-9-11-25-12-10-21/h4-7,16-17H,2-3,8-13,20H2,1H3. The van der Waals surface area contributed by atoms with Gasteiger partial charge in [0, 0.05) is 26.2 Å².